The molecule has 1 aliphatic heterocycles. The number of aromatic nitrogens is 1. The number of hydrogen-bond acceptors (Lipinski definition) is 8. The van der Waals surface area contributed by atoms with Gasteiger partial charge in [-0.25, -0.2) is 14.6 Å². The van der Waals surface area contributed by atoms with Crippen LogP contribution in [0.1, 0.15) is 43.9 Å². The Morgan fingerprint density at radius 3 is 2.54 bits per heavy atom. The van der Waals surface area contributed by atoms with E-state index in [9.17, 15) is 14.4 Å². The topological polar surface area (TPSA) is 116 Å². The lowest BCUT2D eigenvalue weighted by atomic mass is 9.94. The summed E-state index contributed by atoms with van der Waals surface area (Å²) in [4.78, 5) is 43.1. The van der Waals surface area contributed by atoms with Gasteiger partial charge in [0.1, 0.15) is 11.5 Å². The number of fused-ring (bicyclic) bond motifs is 1. The number of benzene rings is 2. The molecule has 0 fully saturated rings. The molecule has 9 nitrogen and oxygen atoms in total. The molecule has 39 heavy (non-hydrogen) atoms. The van der Waals surface area contributed by atoms with Gasteiger partial charge in [0.25, 0.3) is 5.56 Å². The van der Waals surface area contributed by atoms with Crippen LogP contribution in [0.2, 0.25) is 0 Å². The van der Waals surface area contributed by atoms with E-state index >= 15 is 0 Å². The van der Waals surface area contributed by atoms with Crippen LogP contribution in [0.25, 0.3) is 6.08 Å². The molecule has 3 aromatic rings. The fraction of sp³-hybridized carbons (Fsp3) is 0.286. The molecular formula is C28H27BrN2O7S. The third kappa shape index (κ3) is 6.15. The number of thiazole rings is 1. The summed E-state index contributed by atoms with van der Waals surface area (Å²) in [5, 5.41) is 8.80. The first-order valence-corrected chi connectivity index (χ1v) is 13.9. The van der Waals surface area contributed by atoms with Crippen LogP contribution in [0.4, 0.5) is 0 Å². The van der Waals surface area contributed by atoms with Gasteiger partial charge in [0.15, 0.2) is 11.4 Å². The number of hydrogen-bond donors (Lipinski definition) is 1. The van der Waals surface area contributed by atoms with Gasteiger partial charge in [0.2, 0.25) is 0 Å². The number of halogens is 1. The van der Waals surface area contributed by atoms with E-state index in [0.29, 0.717) is 48.6 Å². The van der Waals surface area contributed by atoms with Gasteiger partial charge in [-0.1, -0.05) is 42.9 Å². The van der Waals surface area contributed by atoms with E-state index in [4.69, 9.17) is 24.3 Å². The van der Waals surface area contributed by atoms with Crippen molar-refractivity contribution in [3.05, 3.63) is 89.0 Å². The predicted octanol–water partition coefficient (Wildman–Crippen LogP) is 3.81. The van der Waals surface area contributed by atoms with Gasteiger partial charge < -0.3 is 19.3 Å². The number of nitrogens with zero attached hydrogens (tertiary/aromatic N) is 2. The minimum absolute atomic E-state index is 0.192. The zero-order valence-corrected chi connectivity index (χ0v) is 24.0. The third-order valence-corrected chi connectivity index (χ3v) is 7.53. The number of carboxylic acids is 1. The van der Waals surface area contributed by atoms with Gasteiger partial charge in [-0.05, 0) is 70.7 Å². The summed E-state index contributed by atoms with van der Waals surface area (Å²) >= 11 is 4.76. The summed E-state index contributed by atoms with van der Waals surface area (Å²) in [5.74, 6) is -0.544. The standard InChI is InChI=1S/C28H27BrN2O7S/c1-4-6-20-24(27(35)37-5-2)25(17-9-12-21(36-3)19(29)14-17)31-26(34)22(39-28(31)30-20)13-16-7-10-18(11-8-16)38-15-23(32)33/h7-14,25H,4-6,15H2,1-3H3,(H,32,33)/b22-13-/t25-/m0/s1. The number of aliphatic carboxylic acids is 1. The molecule has 4 rings (SSSR count). The molecule has 0 bridgehead atoms. The van der Waals surface area contributed by atoms with Crippen molar-refractivity contribution in [2.75, 3.05) is 20.3 Å². The average Bonchev–Trinajstić information content (AvgIpc) is 3.22. The van der Waals surface area contributed by atoms with Crippen LogP contribution in [0.3, 0.4) is 0 Å². The highest BCUT2D eigenvalue weighted by Gasteiger charge is 2.34. The molecule has 0 unspecified atom stereocenters. The molecule has 11 heteroatoms. The van der Waals surface area contributed by atoms with Crippen molar-refractivity contribution in [2.24, 2.45) is 4.99 Å². The first kappa shape index (κ1) is 28.3. The summed E-state index contributed by atoms with van der Waals surface area (Å²) in [5.41, 5.74) is 2.08. The normalized spacial score (nSPS) is 15.0. The zero-order chi connectivity index (χ0) is 28.1. The summed E-state index contributed by atoms with van der Waals surface area (Å²) in [7, 11) is 1.57. The fourth-order valence-corrected chi connectivity index (χ4v) is 5.82. The smallest absolute Gasteiger partial charge is 0.341 e. The van der Waals surface area contributed by atoms with E-state index in [-0.39, 0.29) is 12.2 Å². The lowest BCUT2D eigenvalue weighted by molar-refractivity contribution is -0.140. The molecule has 1 atom stereocenters. The number of esters is 1. The number of rotatable bonds is 10. The molecule has 0 saturated heterocycles. The van der Waals surface area contributed by atoms with E-state index in [2.05, 4.69) is 15.9 Å². The Morgan fingerprint density at radius 1 is 1.18 bits per heavy atom. The predicted molar refractivity (Wildman–Crippen MR) is 150 cm³/mol. The van der Waals surface area contributed by atoms with Crippen molar-refractivity contribution in [3.63, 3.8) is 0 Å². The van der Waals surface area contributed by atoms with Gasteiger partial charge in [0.05, 0.1) is 40.0 Å². The molecular weight excluding hydrogens is 588 g/mol. The van der Waals surface area contributed by atoms with Crippen LogP contribution in [-0.4, -0.2) is 41.9 Å². The van der Waals surface area contributed by atoms with Gasteiger partial charge in [0, 0.05) is 0 Å². The van der Waals surface area contributed by atoms with E-state index in [1.807, 2.05) is 19.1 Å². The van der Waals surface area contributed by atoms with Crippen LogP contribution in [-0.2, 0) is 14.3 Å². The Labute approximate surface area is 236 Å². The highest BCUT2D eigenvalue weighted by molar-refractivity contribution is 9.10. The van der Waals surface area contributed by atoms with Crippen molar-refractivity contribution >= 4 is 45.3 Å². The molecule has 2 aromatic carbocycles. The number of ether oxygens (including phenoxy) is 3. The van der Waals surface area contributed by atoms with Crippen molar-refractivity contribution in [1.82, 2.24) is 4.57 Å². The lowest BCUT2D eigenvalue weighted by Gasteiger charge is -2.26. The minimum Gasteiger partial charge on any atom is -0.496 e. The molecule has 0 radical (unpaired) electrons. The fourth-order valence-electron chi connectivity index (χ4n) is 4.25. The van der Waals surface area contributed by atoms with Gasteiger partial charge in [-0.15, -0.1) is 0 Å². The number of carbonyl (C=O) groups is 2. The lowest BCUT2D eigenvalue weighted by Crippen LogP contribution is -2.40. The van der Waals surface area contributed by atoms with E-state index in [0.717, 1.165) is 12.0 Å². The van der Waals surface area contributed by atoms with Crippen molar-refractivity contribution in [3.8, 4) is 11.5 Å². The summed E-state index contributed by atoms with van der Waals surface area (Å²) in [6, 6.07) is 11.5. The van der Waals surface area contributed by atoms with Gasteiger partial charge in [-0.2, -0.15) is 0 Å². The average molecular weight is 616 g/mol. The molecule has 1 aliphatic rings. The number of allylic oxidation sites excluding steroid dienone is 1. The van der Waals surface area contributed by atoms with E-state index in [1.54, 1.807) is 55.0 Å². The maximum Gasteiger partial charge on any atom is 0.341 e. The number of carbonyl (C=O) groups excluding carboxylic acids is 1. The minimum atomic E-state index is -1.07. The molecule has 204 valence electrons. The molecule has 0 amide bonds. The second-order valence-corrected chi connectivity index (χ2v) is 10.4. The van der Waals surface area contributed by atoms with Crippen LogP contribution in [0.5, 0.6) is 11.5 Å². The van der Waals surface area contributed by atoms with Gasteiger partial charge in [-0.3, -0.25) is 9.36 Å². The third-order valence-electron chi connectivity index (χ3n) is 5.92. The van der Waals surface area contributed by atoms with E-state index in [1.165, 1.54) is 11.3 Å². The second-order valence-electron chi connectivity index (χ2n) is 8.56. The maximum atomic E-state index is 13.8. The zero-order valence-electron chi connectivity index (χ0n) is 21.6. The number of carboxylic acid groups (broad SMARTS) is 1. The Kier molecular flexibility index (Phi) is 9.03. The van der Waals surface area contributed by atoms with Crippen molar-refractivity contribution < 1.29 is 28.9 Å². The first-order chi connectivity index (χ1) is 18.8. The largest absolute Gasteiger partial charge is 0.496 e. The molecule has 0 spiro atoms. The van der Waals surface area contributed by atoms with Crippen LogP contribution in [0, 0.1) is 0 Å². The Hall–Kier alpha value is -3.70. The van der Waals surface area contributed by atoms with Crippen molar-refractivity contribution in [1.29, 1.82) is 0 Å². The van der Waals surface area contributed by atoms with Crippen LogP contribution < -0.4 is 24.4 Å². The van der Waals surface area contributed by atoms with Gasteiger partial charge >= 0.3 is 11.9 Å². The van der Waals surface area contributed by atoms with E-state index < -0.39 is 24.6 Å². The first-order valence-electron chi connectivity index (χ1n) is 12.3. The Balaban J connectivity index is 1.88. The Bertz CT molecular complexity index is 1610. The monoisotopic (exact) mass is 614 g/mol. The van der Waals surface area contributed by atoms with Crippen molar-refractivity contribution in [2.45, 2.75) is 32.7 Å². The van der Waals surface area contributed by atoms with Crippen LogP contribution in [0.15, 0.2) is 68.0 Å². The highest BCUT2D eigenvalue weighted by Crippen LogP contribution is 2.36. The molecule has 1 aromatic heterocycles. The summed E-state index contributed by atoms with van der Waals surface area (Å²) < 4.78 is 18.7. The molecule has 2 heterocycles. The quantitative estimate of drug-likeness (QED) is 0.345. The second kappa shape index (κ2) is 12.4. The SMILES string of the molecule is CCCC1=C(C(=O)OCC)[C@H](c2ccc(OC)c(Br)c2)n2c(s/c(=C\c3ccc(OCC(=O)O)cc3)c2=O)=N1. The van der Waals surface area contributed by atoms with Crippen LogP contribution >= 0.6 is 27.3 Å². The Morgan fingerprint density at radius 2 is 1.92 bits per heavy atom. The molecule has 1 N–H and O–H groups in total. The number of methoxy groups -OCH3 is 1. The molecule has 0 saturated carbocycles. The summed E-state index contributed by atoms with van der Waals surface area (Å²) in [6.07, 6.45) is 3.04. The molecule has 0 aliphatic carbocycles. The summed E-state index contributed by atoms with van der Waals surface area (Å²) in [6.45, 7) is 3.49. The maximum absolute atomic E-state index is 13.8. The highest BCUT2D eigenvalue weighted by atomic mass is 79.9.